The summed E-state index contributed by atoms with van der Waals surface area (Å²) in [5.41, 5.74) is 0.319. The maximum Gasteiger partial charge on any atom is 0.177 e. The van der Waals surface area contributed by atoms with Gasteiger partial charge in [-0.05, 0) is 25.1 Å². The number of hydrogen-bond acceptors (Lipinski definition) is 2. The first-order valence-corrected chi connectivity index (χ1v) is 4.85. The highest BCUT2D eigenvalue weighted by atomic mass is 79.9. The van der Waals surface area contributed by atoms with Gasteiger partial charge in [0.2, 0.25) is 0 Å². The Kier molecular flexibility index (Phi) is 3.37. The molecule has 1 aromatic carbocycles. The second-order valence-electron chi connectivity index (χ2n) is 2.78. The number of ketones is 1. The van der Waals surface area contributed by atoms with Gasteiger partial charge in [-0.1, -0.05) is 15.9 Å². The van der Waals surface area contributed by atoms with Crippen LogP contribution in [-0.4, -0.2) is 10.6 Å². The lowest BCUT2D eigenvalue weighted by molar-refractivity contribution is 0.0995. The van der Waals surface area contributed by atoms with Gasteiger partial charge >= 0.3 is 0 Å². The van der Waals surface area contributed by atoms with E-state index in [0.29, 0.717) is 0 Å². The number of rotatable bonds is 2. The van der Waals surface area contributed by atoms with E-state index in [4.69, 9.17) is 5.26 Å². The van der Waals surface area contributed by atoms with Gasteiger partial charge in [-0.25, -0.2) is 4.39 Å². The van der Waals surface area contributed by atoms with Gasteiger partial charge in [-0.15, -0.1) is 0 Å². The maximum atomic E-state index is 12.7. The number of alkyl halides is 1. The summed E-state index contributed by atoms with van der Waals surface area (Å²) < 4.78 is 12.7. The van der Waals surface area contributed by atoms with Crippen molar-refractivity contribution in [1.29, 1.82) is 5.26 Å². The van der Waals surface area contributed by atoms with Crippen molar-refractivity contribution in [3.05, 3.63) is 35.1 Å². The highest BCUT2D eigenvalue weighted by molar-refractivity contribution is 9.10. The molecule has 2 nitrogen and oxygen atoms in total. The molecule has 0 bridgehead atoms. The van der Waals surface area contributed by atoms with E-state index in [1.807, 2.05) is 0 Å². The molecule has 0 aliphatic carbocycles. The van der Waals surface area contributed by atoms with Crippen LogP contribution in [0.25, 0.3) is 0 Å². The van der Waals surface area contributed by atoms with Crippen LogP contribution < -0.4 is 0 Å². The van der Waals surface area contributed by atoms with Crippen LogP contribution in [0.4, 0.5) is 4.39 Å². The number of carbonyl (C=O) groups excluding carboxylic acids is 1. The van der Waals surface area contributed by atoms with Gasteiger partial charge in [0.05, 0.1) is 16.5 Å². The number of Topliss-reactive ketones (excluding diaryl/α,β-unsaturated/α-hetero) is 1. The molecule has 0 saturated heterocycles. The summed E-state index contributed by atoms with van der Waals surface area (Å²) in [5, 5.41) is 8.69. The van der Waals surface area contributed by atoms with Crippen molar-refractivity contribution in [2.75, 3.05) is 0 Å². The van der Waals surface area contributed by atoms with Crippen molar-refractivity contribution in [3.63, 3.8) is 0 Å². The third-order valence-electron chi connectivity index (χ3n) is 1.73. The average Bonchev–Trinajstić information content (AvgIpc) is 2.16. The molecular formula is C10H7BrFNO. The van der Waals surface area contributed by atoms with E-state index in [2.05, 4.69) is 15.9 Å². The van der Waals surface area contributed by atoms with Gasteiger partial charge in [-0.2, -0.15) is 5.26 Å². The molecule has 4 heteroatoms. The minimum Gasteiger partial charge on any atom is -0.293 e. The standard InChI is InChI=1S/C10H7BrFNO/c1-6(11)10(14)9-3-2-8(12)4-7(9)5-13/h2-4,6H,1H3. The van der Waals surface area contributed by atoms with Crippen LogP contribution in [0, 0.1) is 17.1 Å². The SMILES string of the molecule is CC(Br)C(=O)c1ccc(F)cc1C#N. The highest BCUT2D eigenvalue weighted by Crippen LogP contribution is 2.15. The van der Waals surface area contributed by atoms with Crippen LogP contribution >= 0.6 is 15.9 Å². The van der Waals surface area contributed by atoms with Crippen molar-refractivity contribution < 1.29 is 9.18 Å². The van der Waals surface area contributed by atoms with E-state index in [1.165, 1.54) is 12.1 Å². The van der Waals surface area contributed by atoms with Gasteiger partial charge in [0.1, 0.15) is 5.82 Å². The molecule has 0 heterocycles. The molecule has 0 fully saturated rings. The predicted octanol–water partition coefficient (Wildman–Crippen LogP) is 2.66. The van der Waals surface area contributed by atoms with Crippen molar-refractivity contribution >= 4 is 21.7 Å². The Balaban J connectivity index is 3.23. The van der Waals surface area contributed by atoms with Crippen molar-refractivity contribution in [1.82, 2.24) is 0 Å². The summed E-state index contributed by atoms with van der Waals surface area (Å²) in [4.78, 5) is 11.1. The van der Waals surface area contributed by atoms with Crippen molar-refractivity contribution in [2.45, 2.75) is 11.8 Å². The fourth-order valence-electron chi connectivity index (χ4n) is 1.04. The van der Waals surface area contributed by atoms with Crippen LogP contribution in [0.3, 0.4) is 0 Å². The minimum atomic E-state index is -0.514. The fourth-order valence-corrected chi connectivity index (χ4v) is 1.28. The largest absolute Gasteiger partial charge is 0.293 e. The Labute approximate surface area is 89.5 Å². The quantitative estimate of drug-likeness (QED) is 0.602. The lowest BCUT2D eigenvalue weighted by atomic mass is 10.0. The van der Waals surface area contributed by atoms with Gasteiger partial charge in [0, 0.05) is 5.56 Å². The van der Waals surface area contributed by atoms with Gasteiger partial charge in [-0.3, -0.25) is 4.79 Å². The second kappa shape index (κ2) is 4.34. The Morgan fingerprint density at radius 1 is 1.64 bits per heavy atom. The molecular weight excluding hydrogens is 249 g/mol. The fraction of sp³-hybridized carbons (Fsp3) is 0.200. The summed E-state index contributed by atoms with van der Waals surface area (Å²) in [7, 11) is 0. The lowest BCUT2D eigenvalue weighted by Crippen LogP contribution is -2.11. The number of nitrogens with zero attached hydrogens (tertiary/aromatic N) is 1. The monoisotopic (exact) mass is 255 g/mol. The molecule has 0 aliphatic rings. The van der Waals surface area contributed by atoms with E-state index >= 15 is 0 Å². The molecule has 1 aromatic rings. The Bertz CT molecular complexity index is 409. The third kappa shape index (κ3) is 2.18. The van der Waals surface area contributed by atoms with Gasteiger partial charge in [0.25, 0.3) is 0 Å². The van der Waals surface area contributed by atoms with Crippen LogP contribution in [0.5, 0.6) is 0 Å². The second-order valence-corrected chi connectivity index (χ2v) is 4.16. The van der Waals surface area contributed by atoms with Crippen molar-refractivity contribution in [3.8, 4) is 6.07 Å². The van der Waals surface area contributed by atoms with E-state index in [1.54, 1.807) is 13.0 Å². The number of benzene rings is 1. The molecule has 1 rings (SSSR count). The highest BCUT2D eigenvalue weighted by Gasteiger charge is 2.16. The molecule has 0 radical (unpaired) electrons. The number of carbonyl (C=O) groups is 1. The summed E-state index contributed by atoms with van der Waals surface area (Å²) >= 11 is 3.11. The molecule has 72 valence electrons. The smallest absolute Gasteiger partial charge is 0.177 e. The molecule has 14 heavy (non-hydrogen) atoms. The maximum absolute atomic E-state index is 12.7. The van der Waals surface area contributed by atoms with Crippen LogP contribution in [-0.2, 0) is 0 Å². The summed E-state index contributed by atoms with van der Waals surface area (Å²) in [6.07, 6.45) is 0. The predicted molar refractivity (Wildman–Crippen MR) is 53.8 cm³/mol. The summed E-state index contributed by atoms with van der Waals surface area (Å²) in [6, 6.07) is 5.35. The molecule has 0 aromatic heterocycles. The molecule has 0 spiro atoms. The number of hydrogen-bond donors (Lipinski definition) is 0. The number of halogens is 2. The Hall–Kier alpha value is -1.21. The van der Waals surface area contributed by atoms with Crippen LogP contribution in [0.15, 0.2) is 18.2 Å². The summed E-state index contributed by atoms with van der Waals surface area (Å²) in [6.45, 7) is 1.66. The van der Waals surface area contributed by atoms with E-state index in [9.17, 15) is 9.18 Å². The molecule has 0 saturated carbocycles. The van der Waals surface area contributed by atoms with Gasteiger partial charge < -0.3 is 0 Å². The van der Waals surface area contributed by atoms with E-state index in [-0.39, 0.29) is 21.7 Å². The molecule has 1 atom stereocenters. The zero-order valence-corrected chi connectivity index (χ0v) is 9.01. The minimum absolute atomic E-state index is 0.0706. The van der Waals surface area contributed by atoms with Gasteiger partial charge in [0.15, 0.2) is 5.78 Å². The first-order chi connectivity index (χ1) is 6.56. The average molecular weight is 256 g/mol. The van der Waals surface area contributed by atoms with Crippen LogP contribution in [0.2, 0.25) is 0 Å². The zero-order valence-electron chi connectivity index (χ0n) is 7.42. The van der Waals surface area contributed by atoms with E-state index in [0.717, 1.165) is 6.07 Å². The first kappa shape index (κ1) is 10.9. The third-order valence-corrected chi connectivity index (χ3v) is 2.14. The summed E-state index contributed by atoms with van der Waals surface area (Å²) in [5.74, 6) is -0.734. The first-order valence-electron chi connectivity index (χ1n) is 3.94. The Morgan fingerprint density at radius 3 is 2.79 bits per heavy atom. The Morgan fingerprint density at radius 2 is 2.29 bits per heavy atom. The molecule has 1 unspecified atom stereocenters. The molecule has 0 amide bonds. The molecule has 0 N–H and O–H groups in total. The topological polar surface area (TPSA) is 40.9 Å². The normalized spacial score (nSPS) is 11.9. The van der Waals surface area contributed by atoms with E-state index < -0.39 is 5.82 Å². The van der Waals surface area contributed by atoms with Crippen LogP contribution in [0.1, 0.15) is 22.8 Å². The van der Waals surface area contributed by atoms with Crippen molar-refractivity contribution in [2.24, 2.45) is 0 Å². The number of nitriles is 1. The lowest BCUT2D eigenvalue weighted by Gasteiger charge is -2.04. The zero-order chi connectivity index (χ0) is 10.7. The molecule has 0 aliphatic heterocycles.